The van der Waals surface area contributed by atoms with Crippen LogP contribution >= 0.6 is 0 Å². The molecule has 0 radical (unpaired) electrons. The van der Waals surface area contributed by atoms with Crippen molar-refractivity contribution in [1.82, 2.24) is 0 Å². The maximum Gasteiger partial charge on any atom is 0.170 e. The minimum atomic E-state index is -0.420. The predicted octanol–water partition coefficient (Wildman–Crippen LogP) is 3.61. The van der Waals surface area contributed by atoms with Crippen LogP contribution in [0.5, 0.6) is 11.5 Å². The van der Waals surface area contributed by atoms with Gasteiger partial charge in [0.1, 0.15) is 17.1 Å². The molecule has 0 bridgehead atoms. The van der Waals surface area contributed by atoms with Crippen LogP contribution in [0.15, 0.2) is 18.2 Å². The van der Waals surface area contributed by atoms with Gasteiger partial charge in [0.25, 0.3) is 0 Å². The monoisotopic (exact) mass is 260 g/mol. The minimum Gasteiger partial charge on any atom is -0.493 e. The van der Waals surface area contributed by atoms with E-state index in [1.807, 2.05) is 32.0 Å². The number of carbonyl (C=O) groups is 1. The first-order valence-electron chi connectivity index (χ1n) is 7.03. The fraction of sp³-hybridized carbons (Fsp3) is 0.562. The summed E-state index contributed by atoms with van der Waals surface area (Å²) >= 11 is 0. The van der Waals surface area contributed by atoms with Crippen molar-refractivity contribution in [2.45, 2.75) is 45.1 Å². The first-order valence-corrected chi connectivity index (χ1v) is 7.03. The number of Topliss-reactive ketones (excluding diaryl/α,β-unsaturated/α-hetero) is 1. The summed E-state index contributed by atoms with van der Waals surface area (Å²) in [5.74, 6) is 2.47. The first-order chi connectivity index (χ1) is 9.03. The lowest BCUT2D eigenvalue weighted by Gasteiger charge is -2.31. The Bertz CT molecular complexity index is 501. The molecule has 1 aromatic carbocycles. The molecule has 2 aliphatic rings. The van der Waals surface area contributed by atoms with Gasteiger partial charge in [0.15, 0.2) is 5.78 Å². The number of rotatable bonds is 4. The summed E-state index contributed by atoms with van der Waals surface area (Å²) in [4.78, 5) is 12.0. The zero-order chi connectivity index (χ0) is 13.5. The molecule has 0 amide bonds. The fourth-order valence-electron chi connectivity index (χ4n) is 2.47. The van der Waals surface area contributed by atoms with E-state index in [0.717, 1.165) is 24.7 Å². The highest BCUT2D eigenvalue weighted by Gasteiger charge is 2.32. The summed E-state index contributed by atoms with van der Waals surface area (Å²) in [6.45, 7) is 4.63. The molecule has 0 aromatic heterocycles. The van der Waals surface area contributed by atoms with Crippen molar-refractivity contribution in [1.29, 1.82) is 0 Å². The molecule has 3 rings (SSSR count). The zero-order valence-electron chi connectivity index (χ0n) is 11.6. The average molecular weight is 260 g/mol. The summed E-state index contributed by atoms with van der Waals surface area (Å²) in [5, 5.41) is 0. The molecule has 1 heterocycles. The van der Waals surface area contributed by atoms with E-state index < -0.39 is 5.60 Å². The van der Waals surface area contributed by atoms with Gasteiger partial charge in [-0.05, 0) is 38.3 Å². The molecule has 1 saturated carbocycles. The van der Waals surface area contributed by atoms with Gasteiger partial charge in [-0.1, -0.05) is 12.8 Å². The van der Waals surface area contributed by atoms with E-state index in [2.05, 4.69) is 0 Å². The molecule has 3 nitrogen and oxygen atoms in total. The lowest BCUT2D eigenvalue weighted by atomic mass is 9.93. The maximum atomic E-state index is 12.0. The van der Waals surface area contributed by atoms with Crippen LogP contribution in [0.1, 0.15) is 49.9 Å². The predicted molar refractivity (Wildman–Crippen MR) is 72.9 cm³/mol. The molecule has 0 unspecified atom stereocenters. The number of hydrogen-bond donors (Lipinski definition) is 0. The van der Waals surface area contributed by atoms with E-state index in [1.54, 1.807) is 0 Å². The summed E-state index contributed by atoms with van der Waals surface area (Å²) in [5.41, 5.74) is 0.255. The van der Waals surface area contributed by atoms with Crippen LogP contribution in [0.2, 0.25) is 0 Å². The number of ether oxygens (including phenoxy) is 2. The Kier molecular flexibility index (Phi) is 3.00. The highest BCUT2D eigenvalue weighted by molar-refractivity contribution is 6.00. The number of ketones is 1. The van der Waals surface area contributed by atoms with Gasteiger partial charge in [-0.3, -0.25) is 4.79 Å². The van der Waals surface area contributed by atoms with Crippen molar-refractivity contribution in [3.63, 3.8) is 0 Å². The quantitative estimate of drug-likeness (QED) is 0.829. The molecule has 0 saturated heterocycles. The van der Waals surface area contributed by atoms with E-state index in [4.69, 9.17) is 9.47 Å². The molecule has 102 valence electrons. The smallest absolute Gasteiger partial charge is 0.170 e. The van der Waals surface area contributed by atoms with Gasteiger partial charge >= 0.3 is 0 Å². The van der Waals surface area contributed by atoms with E-state index in [1.165, 1.54) is 12.8 Å². The van der Waals surface area contributed by atoms with Crippen molar-refractivity contribution in [2.24, 2.45) is 5.92 Å². The Morgan fingerprint density at radius 2 is 2.16 bits per heavy atom. The van der Waals surface area contributed by atoms with E-state index >= 15 is 0 Å². The molecule has 3 heteroatoms. The maximum absolute atomic E-state index is 12.0. The summed E-state index contributed by atoms with van der Waals surface area (Å²) in [6, 6.07) is 5.53. The molecular formula is C16H20O3. The standard InChI is InChI=1S/C16H20O3/c1-16(2)10-14(17)13-6-5-12(9-15(13)19-16)18-8-7-11-3-4-11/h5-6,9,11H,3-4,7-8,10H2,1-2H3. The van der Waals surface area contributed by atoms with Crippen LogP contribution < -0.4 is 9.47 Å². The highest BCUT2D eigenvalue weighted by Crippen LogP contribution is 2.36. The SMILES string of the molecule is CC1(C)CC(=O)c2ccc(OCCC3CC3)cc2O1. The second-order valence-corrected chi connectivity index (χ2v) is 6.20. The Morgan fingerprint density at radius 1 is 1.37 bits per heavy atom. The number of benzene rings is 1. The van der Waals surface area contributed by atoms with Crippen LogP contribution in [-0.4, -0.2) is 18.0 Å². The minimum absolute atomic E-state index is 0.149. The van der Waals surface area contributed by atoms with Crippen molar-refractivity contribution < 1.29 is 14.3 Å². The molecule has 19 heavy (non-hydrogen) atoms. The third kappa shape index (κ3) is 2.91. The van der Waals surface area contributed by atoms with Crippen molar-refractivity contribution in [3.8, 4) is 11.5 Å². The molecule has 0 N–H and O–H groups in total. The van der Waals surface area contributed by atoms with Gasteiger partial charge in [-0.15, -0.1) is 0 Å². The summed E-state index contributed by atoms with van der Waals surface area (Å²) < 4.78 is 11.6. The van der Waals surface area contributed by atoms with Crippen molar-refractivity contribution >= 4 is 5.78 Å². The van der Waals surface area contributed by atoms with Crippen molar-refractivity contribution in [3.05, 3.63) is 23.8 Å². The van der Waals surface area contributed by atoms with Crippen molar-refractivity contribution in [2.75, 3.05) is 6.61 Å². The second kappa shape index (κ2) is 4.55. The van der Waals surface area contributed by atoms with Crippen LogP contribution in [0.4, 0.5) is 0 Å². The third-order valence-electron chi connectivity index (χ3n) is 3.72. The Morgan fingerprint density at radius 3 is 2.89 bits per heavy atom. The molecule has 0 atom stereocenters. The van der Waals surface area contributed by atoms with Gasteiger partial charge in [0.2, 0.25) is 0 Å². The highest BCUT2D eigenvalue weighted by atomic mass is 16.5. The van der Waals surface area contributed by atoms with E-state index in [0.29, 0.717) is 17.7 Å². The normalized spacial score (nSPS) is 20.6. The van der Waals surface area contributed by atoms with E-state index in [-0.39, 0.29) is 5.78 Å². The average Bonchev–Trinajstić information content (AvgIpc) is 3.11. The fourth-order valence-corrected chi connectivity index (χ4v) is 2.47. The lowest BCUT2D eigenvalue weighted by Crippen LogP contribution is -2.35. The Hall–Kier alpha value is -1.51. The summed E-state index contributed by atoms with van der Waals surface area (Å²) in [7, 11) is 0. The molecule has 1 aliphatic heterocycles. The topological polar surface area (TPSA) is 35.5 Å². The molecular weight excluding hydrogens is 240 g/mol. The van der Waals surface area contributed by atoms with Crippen LogP contribution in [-0.2, 0) is 0 Å². The molecule has 1 fully saturated rings. The van der Waals surface area contributed by atoms with Crippen LogP contribution in [0.25, 0.3) is 0 Å². The number of hydrogen-bond acceptors (Lipinski definition) is 3. The van der Waals surface area contributed by atoms with Gasteiger partial charge in [0.05, 0.1) is 18.6 Å². The van der Waals surface area contributed by atoms with Crippen LogP contribution in [0.3, 0.4) is 0 Å². The zero-order valence-corrected chi connectivity index (χ0v) is 11.6. The van der Waals surface area contributed by atoms with Gasteiger partial charge in [-0.25, -0.2) is 0 Å². The van der Waals surface area contributed by atoms with Crippen LogP contribution in [0, 0.1) is 5.92 Å². The number of fused-ring (bicyclic) bond motifs is 1. The summed E-state index contributed by atoms with van der Waals surface area (Å²) in [6.07, 6.45) is 4.25. The Balaban J connectivity index is 1.72. The first kappa shape index (κ1) is 12.5. The number of carbonyl (C=O) groups excluding carboxylic acids is 1. The van der Waals surface area contributed by atoms with Gasteiger partial charge < -0.3 is 9.47 Å². The van der Waals surface area contributed by atoms with E-state index in [9.17, 15) is 4.79 Å². The second-order valence-electron chi connectivity index (χ2n) is 6.20. The largest absolute Gasteiger partial charge is 0.493 e. The lowest BCUT2D eigenvalue weighted by molar-refractivity contribution is 0.0618. The molecule has 0 spiro atoms. The third-order valence-corrected chi connectivity index (χ3v) is 3.72. The Labute approximate surface area is 113 Å². The molecule has 1 aromatic rings. The molecule has 1 aliphatic carbocycles. The van der Waals surface area contributed by atoms with Gasteiger partial charge in [0, 0.05) is 6.07 Å². The van der Waals surface area contributed by atoms with Gasteiger partial charge in [-0.2, -0.15) is 0 Å².